The second kappa shape index (κ2) is 8.70. The normalized spacial score (nSPS) is 15.6. The number of carbonyl (C=O) groups excluding carboxylic acids is 2. The van der Waals surface area contributed by atoms with Gasteiger partial charge < -0.3 is 20.7 Å². The van der Waals surface area contributed by atoms with Crippen LogP contribution in [-0.4, -0.2) is 22.3 Å². The lowest BCUT2D eigenvalue weighted by atomic mass is 10.1. The maximum absolute atomic E-state index is 13.8. The lowest BCUT2D eigenvalue weighted by molar-refractivity contribution is 0.256. The fraction of sp³-hybridized carbons (Fsp3) is 0.222. The number of nitrogens with zero attached hydrogens (tertiary/aromatic N) is 1. The van der Waals surface area contributed by atoms with Gasteiger partial charge in [-0.2, -0.15) is 0 Å². The number of hydrogen-bond acceptors (Lipinski definition) is 4. The molecule has 6 rings (SSSR count). The van der Waals surface area contributed by atoms with Crippen molar-refractivity contribution in [2.75, 3.05) is 10.6 Å². The molecular weight excluding hydrogens is 460 g/mol. The number of pyridine rings is 1. The number of nitrogens with one attached hydrogen (secondary N) is 3. The van der Waals surface area contributed by atoms with Gasteiger partial charge in [0.1, 0.15) is 33.0 Å². The van der Waals surface area contributed by atoms with Gasteiger partial charge in [0.15, 0.2) is 0 Å². The summed E-state index contributed by atoms with van der Waals surface area (Å²) in [6, 6.07) is 17.1. The molecule has 176 valence electrons. The average Bonchev–Trinajstić information content (AvgIpc) is 3.48. The van der Waals surface area contributed by atoms with Crippen molar-refractivity contribution in [1.82, 2.24) is 10.3 Å². The zero-order valence-electron chi connectivity index (χ0n) is 19.3. The zero-order valence-corrected chi connectivity index (χ0v) is 20.1. The first-order valence-corrected chi connectivity index (χ1v) is 13.0. The highest BCUT2D eigenvalue weighted by atomic mass is 32.2. The summed E-state index contributed by atoms with van der Waals surface area (Å²) in [4.78, 5) is 32.4. The Hall–Kier alpha value is -3.91. The Balaban J connectivity index is 1.57. The summed E-state index contributed by atoms with van der Waals surface area (Å²) in [6.45, 7) is 1.99. The van der Waals surface area contributed by atoms with E-state index in [0.29, 0.717) is 22.0 Å². The highest BCUT2D eigenvalue weighted by molar-refractivity contribution is 7.58. The number of anilines is 2. The molecule has 35 heavy (non-hydrogen) atoms. The molecule has 3 N–H and O–H groups in total. The van der Waals surface area contributed by atoms with E-state index in [1.165, 1.54) is 0 Å². The van der Waals surface area contributed by atoms with E-state index in [1.54, 1.807) is 12.3 Å². The molecule has 3 heterocycles. The summed E-state index contributed by atoms with van der Waals surface area (Å²) in [5.74, 6) is 1.36. The van der Waals surface area contributed by atoms with Crippen LogP contribution in [0.15, 0.2) is 60.8 Å². The first-order chi connectivity index (χ1) is 17.1. The molecule has 1 atom stereocenters. The molecule has 2 aliphatic rings. The van der Waals surface area contributed by atoms with Crippen LogP contribution in [0.5, 0.6) is 11.5 Å². The number of aryl methyl sites for hydroxylation is 1. The smallest absolute Gasteiger partial charge is 0.456 e. The van der Waals surface area contributed by atoms with Crippen LogP contribution in [0.2, 0.25) is 0 Å². The average molecular weight is 486 g/mol. The number of carbonyl (C=O) groups is 2. The van der Waals surface area contributed by atoms with Gasteiger partial charge in [0.2, 0.25) is 4.88 Å². The molecule has 4 aromatic rings. The van der Waals surface area contributed by atoms with Gasteiger partial charge in [-0.1, -0.05) is 43.2 Å². The summed E-state index contributed by atoms with van der Waals surface area (Å²) in [5, 5.41) is 9.78. The third-order valence-electron chi connectivity index (χ3n) is 6.59. The van der Waals surface area contributed by atoms with Crippen LogP contribution in [-0.2, 0) is 0 Å². The lowest BCUT2D eigenvalue weighted by Crippen LogP contribution is -2.29. The molecule has 1 saturated carbocycles. The summed E-state index contributed by atoms with van der Waals surface area (Å²) < 4.78 is 6.37. The van der Waals surface area contributed by atoms with Crippen LogP contribution in [0.1, 0.15) is 31.2 Å². The predicted molar refractivity (Wildman–Crippen MR) is 140 cm³/mol. The molecule has 0 spiro atoms. The number of thiophene rings is 1. The van der Waals surface area contributed by atoms with Gasteiger partial charge in [-0.25, -0.2) is 14.6 Å². The van der Waals surface area contributed by atoms with Crippen molar-refractivity contribution in [3.63, 3.8) is 0 Å². The first-order valence-electron chi connectivity index (χ1n) is 11.8. The third-order valence-corrected chi connectivity index (χ3v) is 8.60. The fourth-order valence-electron chi connectivity index (χ4n) is 4.90. The van der Waals surface area contributed by atoms with Crippen LogP contribution in [0.25, 0.3) is 20.7 Å². The van der Waals surface area contributed by atoms with Crippen molar-refractivity contribution < 1.29 is 14.3 Å². The van der Waals surface area contributed by atoms with Gasteiger partial charge in [0, 0.05) is 12.2 Å². The molecule has 0 saturated heterocycles. The SMILES string of the molecule is Cc1ccccc1Oc1ccccc1-c1c2c3c(ccnc3[s+]1C(=O)NC1CCCC1)NC(=O)N2. The fourth-order valence-corrected chi connectivity index (χ4v) is 7.06. The third kappa shape index (κ3) is 3.80. The van der Waals surface area contributed by atoms with Crippen LogP contribution >= 0.6 is 10.5 Å². The van der Waals surface area contributed by atoms with Crippen molar-refractivity contribution in [2.24, 2.45) is 0 Å². The van der Waals surface area contributed by atoms with Gasteiger partial charge in [-0.3, -0.25) is 0 Å². The largest absolute Gasteiger partial charge is 0.458 e. The molecule has 8 heteroatoms. The molecule has 0 bridgehead atoms. The molecule has 3 amide bonds. The van der Waals surface area contributed by atoms with Gasteiger partial charge in [-0.05, 0) is 49.6 Å². The topological polar surface area (TPSA) is 92.3 Å². The second-order valence-electron chi connectivity index (χ2n) is 8.90. The number of aromatic nitrogens is 1. The molecule has 7 nitrogen and oxygen atoms in total. The van der Waals surface area contributed by atoms with Crippen molar-refractivity contribution >= 4 is 43.3 Å². The summed E-state index contributed by atoms with van der Waals surface area (Å²) in [7, 11) is -1.04. The molecule has 1 unspecified atom stereocenters. The lowest BCUT2D eigenvalue weighted by Gasteiger charge is -2.15. The predicted octanol–water partition coefficient (Wildman–Crippen LogP) is 7.21. The number of para-hydroxylation sites is 2. The number of rotatable bonds is 5. The van der Waals surface area contributed by atoms with Gasteiger partial charge in [0.05, 0.1) is 11.3 Å². The van der Waals surface area contributed by atoms with E-state index >= 15 is 0 Å². The van der Waals surface area contributed by atoms with Crippen LogP contribution < -0.4 is 20.7 Å². The summed E-state index contributed by atoms with van der Waals surface area (Å²) >= 11 is 0. The quantitative estimate of drug-likeness (QED) is 0.260. The minimum absolute atomic E-state index is 0.0744. The maximum Gasteiger partial charge on any atom is 0.458 e. The number of urea groups is 1. The Labute approximate surface area is 205 Å². The van der Waals surface area contributed by atoms with E-state index in [-0.39, 0.29) is 17.3 Å². The first kappa shape index (κ1) is 21.6. The van der Waals surface area contributed by atoms with E-state index in [0.717, 1.165) is 52.8 Å². The molecule has 1 aliphatic carbocycles. The van der Waals surface area contributed by atoms with Gasteiger partial charge >= 0.3 is 11.3 Å². The maximum atomic E-state index is 13.8. The standard InChI is InChI=1S/C27H24N4O3S/c1-16-8-2-6-12-20(16)34-21-13-7-5-11-18(21)24-23-22-19(30-26(32)31-23)14-15-28-25(22)35(24)27(33)29-17-9-3-4-10-17/h2,5-8,11-15,17H,3-4,9-10H2,1H3,(H2-,28,29,30,31,32,33)/p+1. The van der Waals surface area contributed by atoms with Crippen molar-refractivity contribution in [2.45, 2.75) is 38.6 Å². The van der Waals surface area contributed by atoms with Crippen LogP contribution in [0, 0.1) is 6.92 Å². The molecule has 0 radical (unpaired) electrons. The zero-order chi connectivity index (χ0) is 23.9. The van der Waals surface area contributed by atoms with E-state index < -0.39 is 10.5 Å². The van der Waals surface area contributed by atoms with Crippen molar-refractivity contribution in [3.8, 4) is 21.9 Å². The molecule has 2 aromatic heterocycles. The van der Waals surface area contributed by atoms with Crippen LogP contribution in [0.4, 0.5) is 21.0 Å². The van der Waals surface area contributed by atoms with E-state index in [9.17, 15) is 9.59 Å². The Morgan fingerprint density at radius 1 is 1.03 bits per heavy atom. The molecule has 1 aliphatic heterocycles. The highest BCUT2D eigenvalue weighted by Gasteiger charge is 2.41. The molecule has 1 fully saturated rings. The Bertz CT molecular complexity index is 1470. The monoisotopic (exact) mass is 485 g/mol. The number of ether oxygens (including phenoxy) is 1. The Morgan fingerprint density at radius 2 is 1.77 bits per heavy atom. The number of benzene rings is 2. The minimum Gasteiger partial charge on any atom is -0.456 e. The van der Waals surface area contributed by atoms with E-state index in [2.05, 4.69) is 20.9 Å². The minimum atomic E-state index is -1.04. The van der Waals surface area contributed by atoms with E-state index in [4.69, 9.17) is 4.74 Å². The summed E-state index contributed by atoms with van der Waals surface area (Å²) in [6.07, 6.45) is 5.87. The molecule has 2 aromatic carbocycles. The van der Waals surface area contributed by atoms with Gasteiger partial charge in [0.25, 0.3) is 4.83 Å². The highest BCUT2D eigenvalue weighted by Crippen LogP contribution is 2.55. The molecular formula is C27H25N4O3S+. The van der Waals surface area contributed by atoms with Crippen LogP contribution in [0.3, 0.4) is 0 Å². The second-order valence-corrected chi connectivity index (χ2v) is 10.7. The van der Waals surface area contributed by atoms with Crippen molar-refractivity contribution in [1.29, 1.82) is 0 Å². The number of hydrogen-bond donors (Lipinski definition) is 3. The Morgan fingerprint density at radius 3 is 2.57 bits per heavy atom. The van der Waals surface area contributed by atoms with Gasteiger partial charge in [-0.15, -0.1) is 0 Å². The summed E-state index contributed by atoms with van der Waals surface area (Å²) in [5.41, 5.74) is 3.05. The van der Waals surface area contributed by atoms with E-state index in [1.807, 2.05) is 55.5 Å². The number of amides is 3. The van der Waals surface area contributed by atoms with Crippen molar-refractivity contribution in [3.05, 3.63) is 66.4 Å². The Kier molecular flexibility index (Phi) is 5.37.